The average Bonchev–Trinajstić information content (AvgIpc) is 1.85. The van der Waals surface area contributed by atoms with Crippen molar-refractivity contribution >= 4 is 10.0 Å². The molecule has 70 valence electrons. The lowest BCUT2D eigenvalue weighted by atomic mass is 10.3. The van der Waals surface area contributed by atoms with Crippen LogP contribution in [0.15, 0.2) is 0 Å². The van der Waals surface area contributed by atoms with Gasteiger partial charge in [0.25, 0.3) is 0 Å². The Bertz CT molecular complexity index is 261. The van der Waals surface area contributed by atoms with Crippen molar-refractivity contribution < 1.29 is 8.42 Å². The van der Waals surface area contributed by atoms with Gasteiger partial charge in [0.05, 0.1) is 12.3 Å². The Hall–Kier alpha value is -0.530. The Labute approximate surface area is 74.8 Å². The molecule has 0 aromatic rings. The van der Waals surface area contributed by atoms with Crippen molar-refractivity contribution in [3.8, 4) is 12.3 Å². The molecule has 0 saturated carbocycles. The largest absolute Gasteiger partial charge is 0.214 e. The number of nitrogens with zero attached hydrogens (tertiary/aromatic N) is 1. The summed E-state index contributed by atoms with van der Waals surface area (Å²) in [7, 11) is -1.63. The molecule has 0 aliphatic heterocycles. The second-order valence-electron chi connectivity index (χ2n) is 3.13. The standard InChI is InChI=1S/C8H15NO2S/c1-5-6-9(4)12(10,11)7-8(2)3/h1,8H,6-7H2,2-4H3. The fraction of sp³-hybridized carbons (Fsp3) is 0.750. The minimum absolute atomic E-state index is 0.134. The van der Waals surface area contributed by atoms with E-state index in [-0.39, 0.29) is 18.2 Å². The van der Waals surface area contributed by atoms with E-state index >= 15 is 0 Å². The van der Waals surface area contributed by atoms with Crippen molar-refractivity contribution in [1.82, 2.24) is 4.31 Å². The van der Waals surface area contributed by atoms with E-state index in [0.717, 1.165) is 0 Å². The van der Waals surface area contributed by atoms with Crippen LogP contribution in [-0.4, -0.2) is 32.1 Å². The summed E-state index contributed by atoms with van der Waals surface area (Å²) in [4.78, 5) is 0. The zero-order chi connectivity index (χ0) is 9.78. The first-order valence-corrected chi connectivity index (χ1v) is 5.38. The van der Waals surface area contributed by atoms with Crippen molar-refractivity contribution in [1.29, 1.82) is 0 Å². The van der Waals surface area contributed by atoms with Gasteiger partial charge in [-0.15, -0.1) is 6.42 Å². The van der Waals surface area contributed by atoms with E-state index in [2.05, 4.69) is 5.92 Å². The van der Waals surface area contributed by atoms with E-state index in [1.54, 1.807) is 0 Å². The molecule has 0 bridgehead atoms. The fourth-order valence-electron chi connectivity index (χ4n) is 0.775. The van der Waals surface area contributed by atoms with Gasteiger partial charge in [-0.1, -0.05) is 19.8 Å². The lowest BCUT2D eigenvalue weighted by Crippen LogP contribution is -2.31. The molecular weight excluding hydrogens is 174 g/mol. The molecule has 0 aliphatic carbocycles. The van der Waals surface area contributed by atoms with Gasteiger partial charge in [0.15, 0.2) is 0 Å². The van der Waals surface area contributed by atoms with Crippen LogP contribution in [-0.2, 0) is 10.0 Å². The van der Waals surface area contributed by atoms with Crippen LogP contribution in [0.4, 0.5) is 0 Å². The Kier molecular flexibility index (Phi) is 4.29. The summed E-state index contributed by atoms with van der Waals surface area (Å²) in [6, 6.07) is 0. The lowest BCUT2D eigenvalue weighted by Gasteiger charge is -2.15. The number of sulfonamides is 1. The molecule has 0 fully saturated rings. The van der Waals surface area contributed by atoms with E-state index in [0.29, 0.717) is 0 Å². The average molecular weight is 189 g/mol. The lowest BCUT2D eigenvalue weighted by molar-refractivity contribution is 0.493. The highest BCUT2D eigenvalue weighted by molar-refractivity contribution is 7.89. The third kappa shape index (κ3) is 3.74. The van der Waals surface area contributed by atoms with Gasteiger partial charge in [0.2, 0.25) is 10.0 Å². The van der Waals surface area contributed by atoms with Gasteiger partial charge in [-0.05, 0) is 5.92 Å². The molecule has 0 aromatic heterocycles. The summed E-state index contributed by atoms with van der Waals surface area (Å²) >= 11 is 0. The van der Waals surface area contributed by atoms with Crippen molar-refractivity contribution in [2.75, 3.05) is 19.3 Å². The molecule has 12 heavy (non-hydrogen) atoms. The molecule has 0 aromatic carbocycles. The van der Waals surface area contributed by atoms with Crippen molar-refractivity contribution in [3.63, 3.8) is 0 Å². The highest BCUT2D eigenvalue weighted by Gasteiger charge is 2.17. The van der Waals surface area contributed by atoms with Crippen LogP contribution in [0, 0.1) is 18.3 Å². The predicted molar refractivity (Wildman–Crippen MR) is 50.1 cm³/mol. The SMILES string of the molecule is C#CCN(C)S(=O)(=O)CC(C)C. The second kappa shape index (κ2) is 4.48. The maximum atomic E-state index is 11.4. The quantitative estimate of drug-likeness (QED) is 0.605. The summed E-state index contributed by atoms with van der Waals surface area (Å²) in [5.74, 6) is 2.59. The molecule has 0 radical (unpaired) electrons. The van der Waals surface area contributed by atoms with Crippen LogP contribution in [0.3, 0.4) is 0 Å². The molecular formula is C8H15NO2S. The molecule has 0 heterocycles. The molecule has 0 atom stereocenters. The summed E-state index contributed by atoms with van der Waals surface area (Å²) < 4.78 is 23.9. The molecule has 0 saturated heterocycles. The maximum Gasteiger partial charge on any atom is 0.214 e. The first kappa shape index (κ1) is 11.5. The Balaban J connectivity index is 4.33. The summed E-state index contributed by atoms with van der Waals surface area (Å²) in [6.07, 6.45) is 5.00. The number of hydrogen-bond acceptors (Lipinski definition) is 2. The zero-order valence-electron chi connectivity index (χ0n) is 7.74. The highest BCUT2D eigenvalue weighted by Crippen LogP contribution is 2.03. The Morgan fingerprint density at radius 1 is 1.50 bits per heavy atom. The van der Waals surface area contributed by atoms with Crippen LogP contribution < -0.4 is 0 Å². The van der Waals surface area contributed by atoms with Crippen LogP contribution in [0.25, 0.3) is 0 Å². The predicted octanol–water partition coefficient (Wildman–Crippen LogP) is 0.537. The first-order chi connectivity index (χ1) is 5.40. The Morgan fingerprint density at radius 3 is 2.33 bits per heavy atom. The van der Waals surface area contributed by atoms with Crippen LogP contribution >= 0.6 is 0 Å². The first-order valence-electron chi connectivity index (χ1n) is 3.77. The van der Waals surface area contributed by atoms with Crippen molar-refractivity contribution in [3.05, 3.63) is 0 Å². The van der Waals surface area contributed by atoms with Crippen LogP contribution in [0.5, 0.6) is 0 Å². The van der Waals surface area contributed by atoms with Gasteiger partial charge >= 0.3 is 0 Å². The number of hydrogen-bond donors (Lipinski definition) is 0. The molecule has 4 heteroatoms. The third-order valence-electron chi connectivity index (χ3n) is 1.33. The maximum absolute atomic E-state index is 11.4. The zero-order valence-corrected chi connectivity index (χ0v) is 8.56. The van der Waals surface area contributed by atoms with Gasteiger partial charge in [0.1, 0.15) is 0 Å². The second-order valence-corrected chi connectivity index (χ2v) is 5.25. The number of terminal acetylenes is 1. The van der Waals surface area contributed by atoms with Gasteiger partial charge in [0, 0.05) is 7.05 Å². The smallest absolute Gasteiger partial charge is 0.212 e. The Morgan fingerprint density at radius 2 is 2.00 bits per heavy atom. The molecule has 3 nitrogen and oxygen atoms in total. The van der Waals surface area contributed by atoms with E-state index in [1.807, 2.05) is 13.8 Å². The monoisotopic (exact) mass is 189 g/mol. The van der Waals surface area contributed by atoms with Gasteiger partial charge in [-0.2, -0.15) is 4.31 Å². The van der Waals surface area contributed by atoms with E-state index < -0.39 is 10.0 Å². The van der Waals surface area contributed by atoms with Gasteiger partial charge in [-0.25, -0.2) is 8.42 Å². The van der Waals surface area contributed by atoms with Gasteiger partial charge in [-0.3, -0.25) is 0 Å². The van der Waals surface area contributed by atoms with Gasteiger partial charge < -0.3 is 0 Å². The molecule has 0 rings (SSSR count). The number of rotatable bonds is 4. The minimum atomic E-state index is -3.13. The normalized spacial score (nSPS) is 12.0. The third-order valence-corrected chi connectivity index (χ3v) is 3.50. The fourth-order valence-corrected chi connectivity index (χ4v) is 2.14. The summed E-state index contributed by atoms with van der Waals surface area (Å²) in [5.41, 5.74) is 0. The minimum Gasteiger partial charge on any atom is -0.212 e. The summed E-state index contributed by atoms with van der Waals surface area (Å²) in [6.45, 7) is 3.87. The van der Waals surface area contributed by atoms with Crippen LogP contribution in [0.1, 0.15) is 13.8 Å². The van der Waals surface area contributed by atoms with Crippen molar-refractivity contribution in [2.45, 2.75) is 13.8 Å². The summed E-state index contributed by atoms with van der Waals surface area (Å²) in [5, 5.41) is 0. The van der Waals surface area contributed by atoms with E-state index in [4.69, 9.17) is 6.42 Å². The molecule has 0 spiro atoms. The topological polar surface area (TPSA) is 37.4 Å². The molecule has 0 N–H and O–H groups in total. The molecule has 0 unspecified atom stereocenters. The highest BCUT2D eigenvalue weighted by atomic mass is 32.2. The molecule has 0 amide bonds. The van der Waals surface area contributed by atoms with Crippen LogP contribution in [0.2, 0.25) is 0 Å². The van der Waals surface area contributed by atoms with Crippen molar-refractivity contribution in [2.24, 2.45) is 5.92 Å². The van der Waals surface area contributed by atoms with E-state index in [1.165, 1.54) is 11.4 Å². The molecule has 0 aliphatic rings. The van der Waals surface area contributed by atoms with E-state index in [9.17, 15) is 8.42 Å².